The van der Waals surface area contributed by atoms with Gasteiger partial charge in [-0.3, -0.25) is 15.1 Å². The molecule has 1 amide bonds. The van der Waals surface area contributed by atoms with Gasteiger partial charge in [0.1, 0.15) is 0 Å². The first-order chi connectivity index (χ1) is 11.6. The molecular formula is C18H14N4OS. The molecule has 0 aliphatic rings. The van der Waals surface area contributed by atoms with Crippen LogP contribution in [0.4, 0.5) is 5.13 Å². The lowest BCUT2D eigenvalue weighted by Gasteiger charge is -2.09. The van der Waals surface area contributed by atoms with Crippen LogP contribution in [-0.2, 0) is 0 Å². The summed E-state index contributed by atoms with van der Waals surface area (Å²) < 4.78 is 0. The van der Waals surface area contributed by atoms with Crippen molar-refractivity contribution in [1.82, 2.24) is 9.97 Å². The average Bonchev–Trinajstić information content (AvgIpc) is 2.99. The number of carbonyl (C=O) groups is 1. The Bertz CT molecular complexity index is 956. The zero-order chi connectivity index (χ0) is 17.1. The van der Waals surface area contributed by atoms with Crippen LogP contribution in [0.5, 0.6) is 0 Å². The maximum Gasteiger partial charge on any atom is 0.257 e. The number of aromatic nitrogens is 2. The van der Waals surface area contributed by atoms with E-state index >= 15 is 0 Å². The Morgan fingerprint density at radius 3 is 2.79 bits per heavy atom. The fourth-order valence-corrected chi connectivity index (χ4v) is 3.01. The molecule has 0 radical (unpaired) electrons. The monoisotopic (exact) mass is 334 g/mol. The summed E-state index contributed by atoms with van der Waals surface area (Å²) in [5.41, 5.74) is 4.42. The van der Waals surface area contributed by atoms with E-state index in [9.17, 15) is 10.1 Å². The predicted octanol–water partition coefficient (Wildman–Crippen LogP) is 3.95. The molecule has 3 rings (SSSR count). The Balaban J connectivity index is 1.99. The molecule has 5 nitrogen and oxygen atoms in total. The highest BCUT2D eigenvalue weighted by Gasteiger charge is 2.13. The maximum atomic E-state index is 12.5. The summed E-state index contributed by atoms with van der Waals surface area (Å²) in [6, 6.07) is 9.10. The highest BCUT2D eigenvalue weighted by molar-refractivity contribution is 7.13. The first kappa shape index (κ1) is 15.8. The molecule has 0 spiro atoms. The molecule has 6 heteroatoms. The first-order valence-corrected chi connectivity index (χ1v) is 8.14. The van der Waals surface area contributed by atoms with E-state index in [2.05, 4.69) is 21.4 Å². The van der Waals surface area contributed by atoms with Gasteiger partial charge in [-0.05, 0) is 49.2 Å². The number of pyridine rings is 1. The summed E-state index contributed by atoms with van der Waals surface area (Å²) in [7, 11) is 0. The topological polar surface area (TPSA) is 78.7 Å². The van der Waals surface area contributed by atoms with Crippen molar-refractivity contribution < 1.29 is 4.79 Å². The summed E-state index contributed by atoms with van der Waals surface area (Å²) in [6.07, 6.45) is 3.45. The summed E-state index contributed by atoms with van der Waals surface area (Å²) in [4.78, 5) is 20.8. The molecule has 1 N–H and O–H groups in total. The molecule has 3 aromatic rings. The number of hydrogen-bond acceptors (Lipinski definition) is 5. The van der Waals surface area contributed by atoms with Gasteiger partial charge in [0.25, 0.3) is 5.91 Å². The Hall–Kier alpha value is -3.04. The van der Waals surface area contributed by atoms with E-state index in [1.54, 1.807) is 30.6 Å². The third-order valence-corrected chi connectivity index (χ3v) is 4.39. The van der Waals surface area contributed by atoms with E-state index < -0.39 is 0 Å². The van der Waals surface area contributed by atoms with E-state index in [-0.39, 0.29) is 5.91 Å². The number of benzene rings is 1. The lowest BCUT2D eigenvalue weighted by atomic mass is 9.98. The number of thiazole rings is 1. The van der Waals surface area contributed by atoms with Crippen molar-refractivity contribution in [3.8, 4) is 17.2 Å². The van der Waals surface area contributed by atoms with Gasteiger partial charge in [0, 0.05) is 28.9 Å². The molecule has 0 fully saturated rings. The number of anilines is 1. The lowest BCUT2D eigenvalue weighted by Crippen LogP contribution is -2.12. The second-order valence-electron chi connectivity index (χ2n) is 5.35. The Morgan fingerprint density at radius 2 is 2.12 bits per heavy atom. The summed E-state index contributed by atoms with van der Waals surface area (Å²) in [5.74, 6) is -0.288. The van der Waals surface area contributed by atoms with Gasteiger partial charge in [-0.1, -0.05) is 0 Å². The van der Waals surface area contributed by atoms with E-state index in [1.165, 1.54) is 11.3 Å². The van der Waals surface area contributed by atoms with Crippen molar-refractivity contribution in [3.05, 3.63) is 64.4 Å². The van der Waals surface area contributed by atoms with Gasteiger partial charge in [-0.15, -0.1) is 11.3 Å². The van der Waals surface area contributed by atoms with Crippen LogP contribution < -0.4 is 5.32 Å². The number of nitrogens with zero attached hydrogens (tertiary/aromatic N) is 3. The van der Waals surface area contributed by atoms with E-state index in [0.717, 1.165) is 22.4 Å². The van der Waals surface area contributed by atoms with Crippen LogP contribution in [0, 0.1) is 25.2 Å². The number of nitriles is 1. The SMILES string of the molecule is Cc1csc(NC(=O)c2cc(C#N)cc(-c3cnccc3C)c2)n1. The van der Waals surface area contributed by atoms with Gasteiger partial charge in [0.2, 0.25) is 0 Å². The summed E-state index contributed by atoms with van der Waals surface area (Å²) >= 11 is 1.37. The second kappa shape index (κ2) is 6.60. The third kappa shape index (κ3) is 3.31. The molecule has 1 aromatic carbocycles. The minimum Gasteiger partial charge on any atom is -0.298 e. The molecule has 0 bridgehead atoms. The number of nitrogens with one attached hydrogen (secondary N) is 1. The maximum absolute atomic E-state index is 12.5. The van der Waals surface area contributed by atoms with Gasteiger partial charge >= 0.3 is 0 Å². The van der Waals surface area contributed by atoms with E-state index in [4.69, 9.17) is 0 Å². The van der Waals surface area contributed by atoms with Crippen molar-refractivity contribution in [1.29, 1.82) is 5.26 Å². The van der Waals surface area contributed by atoms with Crippen LogP contribution >= 0.6 is 11.3 Å². The third-order valence-electron chi connectivity index (χ3n) is 3.51. The van der Waals surface area contributed by atoms with Gasteiger partial charge in [-0.25, -0.2) is 4.98 Å². The normalized spacial score (nSPS) is 10.2. The summed E-state index contributed by atoms with van der Waals surface area (Å²) in [6.45, 7) is 3.83. The van der Waals surface area contributed by atoms with Crippen molar-refractivity contribution in [3.63, 3.8) is 0 Å². The Morgan fingerprint density at radius 1 is 1.29 bits per heavy atom. The fraction of sp³-hybridized carbons (Fsp3) is 0.111. The number of hydrogen-bond donors (Lipinski definition) is 1. The van der Waals surface area contributed by atoms with Crippen LogP contribution in [0.15, 0.2) is 42.0 Å². The highest BCUT2D eigenvalue weighted by atomic mass is 32.1. The minimum atomic E-state index is -0.288. The first-order valence-electron chi connectivity index (χ1n) is 7.26. The standard InChI is InChI=1S/C18H14N4OS/c1-11-3-4-20-9-16(11)14-5-13(8-19)6-15(7-14)17(23)22-18-21-12(2)10-24-18/h3-7,9-10H,1-2H3,(H,21,22,23). The number of aryl methyl sites for hydroxylation is 2. The molecule has 0 aliphatic heterocycles. The molecule has 0 aliphatic carbocycles. The molecule has 2 aromatic heterocycles. The largest absolute Gasteiger partial charge is 0.298 e. The molecule has 0 saturated heterocycles. The van der Waals surface area contributed by atoms with Crippen LogP contribution in [0.25, 0.3) is 11.1 Å². The number of rotatable bonds is 3. The fourth-order valence-electron chi connectivity index (χ4n) is 2.33. The number of carbonyl (C=O) groups excluding carboxylic acids is 1. The summed E-state index contributed by atoms with van der Waals surface area (Å²) in [5, 5.41) is 14.4. The molecule has 0 saturated carbocycles. The van der Waals surface area contributed by atoms with Crippen molar-refractivity contribution >= 4 is 22.4 Å². The van der Waals surface area contributed by atoms with Crippen molar-refractivity contribution in [2.75, 3.05) is 5.32 Å². The molecule has 2 heterocycles. The molecule has 0 atom stereocenters. The molecule has 0 unspecified atom stereocenters. The highest BCUT2D eigenvalue weighted by Crippen LogP contribution is 2.25. The van der Waals surface area contributed by atoms with Crippen molar-refractivity contribution in [2.45, 2.75) is 13.8 Å². The zero-order valence-corrected chi connectivity index (χ0v) is 14.0. The quantitative estimate of drug-likeness (QED) is 0.786. The molecular weight excluding hydrogens is 320 g/mol. The predicted molar refractivity (Wildman–Crippen MR) is 93.9 cm³/mol. The molecule has 24 heavy (non-hydrogen) atoms. The minimum absolute atomic E-state index is 0.288. The van der Waals surface area contributed by atoms with Gasteiger partial charge in [0.05, 0.1) is 17.3 Å². The van der Waals surface area contributed by atoms with Crippen LogP contribution in [0.2, 0.25) is 0 Å². The van der Waals surface area contributed by atoms with Gasteiger partial charge in [-0.2, -0.15) is 5.26 Å². The molecule has 118 valence electrons. The van der Waals surface area contributed by atoms with Crippen LogP contribution in [-0.4, -0.2) is 15.9 Å². The van der Waals surface area contributed by atoms with E-state index in [0.29, 0.717) is 16.3 Å². The van der Waals surface area contributed by atoms with Gasteiger partial charge < -0.3 is 0 Å². The second-order valence-corrected chi connectivity index (χ2v) is 6.21. The lowest BCUT2D eigenvalue weighted by molar-refractivity contribution is 0.102. The Labute approximate surface area is 143 Å². The van der Waals surface area contributed by atoms with Crippen LogP contribution in [0.3, 0.4) is 0 Å². The van der Waals surface area contributed by atoms with E-state index in [1.807, 2.05) is 25.3 Å². The average molecular weight is 334 g/mol. The zero-order valence-electron chi connectivity index (χ0n) is 13.2. The smallest absolute Gasteiger partial charge is 0.257 e. The van der Waals surface area contributed by atoms with Crippen molar-refractivity contribution in [2.24, 2.45) is 0 Å². The number of amides is 1. The Kier molecular flexibility index (Phi) is 4.36. The van der Waals surface area contributed by atoms with Gasteiger partial charge in [0.15, 0.2) is 5.13 Å². The van der Waals surface area contributed by atoms with Crippen LogP contribution in [0.1, 0.15) is 27.2 Å².